The molecular weight excluding hydrogens is 396 g/mol. The molecule has 3 aromatic rings. The molecule has 1 atom stereocenters. The van der Waals surface area contributed by atoms with Gasteiger partial charge >= 0.3 is 5.69 Å². The van der Waals surface area contributed by atoms with Crippen LogP contribution in [0.2, 0.25) is 5.02 Å². The number of carbonyl (C=O) groups is 1. The van der Waals surface area contributed by atoms with Crippen LogP contribution in [0.4, 0.5) is 5.69 Å². The van der Waals surface area contributed by atoms with Gasteiger partial charge in [-0.3, -0.25) is 4.79 Å². The summed E-state index contributed by atoms with van der Waals surface area (Å²) in [4.78, 5) is 28.8. The van der Waals surface area contributed by atoms with Crippen LogP contribution < -0.4 is 16.7 Å². The normalized spacial score (nSPS) is 12.3. The molecular formula is C16H14BrClN4O2. The van der Waals surface area contributed by atoms with Crippen molar-refractivity contribution >= 4 is 50.2 Å². The maximum Gasteiger partial charge on any atom is 0.323 e. The summed E-state index contributed by atoms with van der Waals surface area (Å²) in [6, 6.07) is 10.1. The van der Waals surface area contributed by atoms with E-state index < -0.39 is 6.04 Å². The van der Waals surface area contributed by atoms with Crippen LogP contribution >= 0.6 is 27.5 Å². The predicted octanol–water partition coefficient (Wildman–Crippen LogP) is 2.78. The maximum absolute atomic E-state index is 12.3. The van der Waals surface area contributed by atoms with Crippen molar-refractivity contribution in [3.63, 3.8) is 0 Å². The molecule has 0 saturated heterocycles. The molecule has 0 radical (unpaired) electrons. The summed E-state index contributed by atoms with van der Waals surface area (Å²) in [5, 5.41) is 3.06. The van der Waals surface area contributed by atoms with Crippen LogP contribution in [0, 0.1) is 0 Å². The van der Waals surface area contributed by atoms with E-state index in [0.29, 0.717) is 28.2 Å². The van der Waals surface area contributed by atoms with Gasteiger partial charge in [-0.15, -0.1) is 0 Å². The molecule has 3 rings (SSSR count). The molecule has 5 N–H and O–H groups in total. The number of hydrogen-bond donors (Lipinski definition) is 4. The number of carbonyl (C=O) groups excluding carboxylic acids is 1. The summed E-state index contributed by atoms with van der Waals surface area (Å²) in [7, 11) is 0. The molecule has 0 spiro atoms. The number of aromatic nitrogens is 2. The van der Waals surface area contributed by atoms with Crippen molar-refractivity contribution < 1.29 is 4.79 Å². The molecule has 0 bridgehead atoms. The van der Waals surface area contributed by atoms with E-state index in [1.54, 1.807) is 12.1 Å². The third-order valence-electron chi connectivity index (χ3n) is 3.55. The average Bonchev–Trinajstić information content (AvgIpc) is 2.90. The Morgan fingerprint density at radius 2 is 1.96 bits per heavy atom. The highest BCUT2D eigenvalue weighted by Crippen LogP contribution is 2.24. The number of halogens is 2. The topological polar surface area (TPSA) is 104 Å². The molecule has 124 valence electrons. The number of aromatic amines is 2. The molecule has 0 aliphatic heterocycles. The summed E-state index contributed by atoms with van der Waals surface area (Å²) in [5.74, 6) is -0.328. The van der Waals surface area contributed by atoms with Gasteiger partial charge in [-0.2, -0.15) is 0 Å². The van der Waals surface area contributed by atoms with E-state index in [9.17, 15) is 9.59 Å². The zero-order valence-corrected chi connectivity index (χ0v) is 14.7. The molecule has 2 aromatic carbocycles. The Morgan fingerprint density at radius 3 is 2.67 bits per heavy atom. The molecule has 0 unspecified atom stereocenters. The standard InChI is InChI=1S/C16H14BrClN4O2/c17-9-3-1-8(2-4-9)5-12(19)15(23)20-10-6-11(18)14-13(7-10)21-16(24)22-14/h1-4,6-7,12H,5,19H2,(H,20,23)(H2,21,22,24)/t12-/m0/s1. The molecule has 0 saturated carbocycles. The Bertz CT molecular complexity index is 949. The molecule has 1 aromatic heterocycles. The van der Waals surface area contributed by atoms with Gasteiger partial charge in [-0.25, -0.2) is 4.79 Å². The Hall–Kier alpha value is -2.09. The minimum Gasteiger partial charge on any atom is -0.325 e. The van der Waals surface area contributed by atoms with Gasteiger partial charge in [0.15, 0.2) is 0 Å². The van der Waals surface area contributed by atoms with Crippen molar-refractivity contribution in [2.45, 2.75) is 12.5 Å². The molecule has 6 nitrogen and oxygen atoms in total. The monoisotopic (exact) mass is 408 g/mol. The van der Waals surface area contributed by atoms with Crippen molar-refractivity contribution in [2.24, 2.45) is 5.73 Å². The number of amides is 1. The highest BCUT2D eigenvalue weighted by atomic mass is 79.9. The van der Waals surface area contributed by atoms with E-state index in [2.05, 4.69) is 31.2 Å². The van der Waals surface area contributed by atoms with E-state index in [1.165, 1.54) is 0 Å². The first-order valence-electron chi connectivity index (χ1n) is 7.15. The third-order valence-corrected chi connectivity index (χ3v) is 4.38. The lowest BCUT2D eigenvalue weighted by Crippen LogP contribution is -2.37. The van der Waals surface area contributed by atoms with E-state index in [4.69, 9.17) is 17.3 Å². The summed E-state index contributed by atoms with van der Waals surface area (Å²) >= 11 is 9.47. The first kappa shape index (κ1) is 16.8. The number of imidazole rings is 1. The van der Waals surface area contributed by atoms with Gasteiger partial charge in [0.25, 0.3) is 0 Å². The summed E-state index contributed by atoms with van der Waals surface area (Å²) in [6.45, 7) is 0. The molecule has 0 aliphatic rings. The molecule has 8 heteroatoms. The Balaban J connectivity index is 1.74. The third kappa shape index (κ3) is 3.69. The number of anilines is 1. The van der Waals surface area contributed by atoms with Crippen molar-refractivity contribution in [3.05, 3.63) is 61.9 Å². The van der Waals surface area contributed by atoms with Crippen LogP contribution in [0.15, 0.2) is 45.7 Å². The quantitative estimate of drug-likeness (QED) is 0.532. The number of benzene rings is 2. The second kappa shape index (κ2) is 6.80. The van der Waals surface area contributed by atoms with E-state index in [1.807, 2.05) is 24.3 Å². The number of rotatable bonds is 4. The van der Waals surface area contributed by atoms with Crippen molar-refractivity contribution in [3.8, 4) is 0 Å². The molecule has 0 aliphatic carbocycles. The van der Waals surface area contributed by atoms with Crippen LogP contribution in [0.1, 0.15) is 5.56 Å². The first-order valence-corrected chi connectivity index (χ1v) is 8.32. The molecule has 1 heterocycles. The summed E-state index contributed by atoms with van der Waals surface area (Å²) < 4.78 is 0.965. The van der Waals surface area contributed by atoms with Gasteiger partial charge in [0.1, 0.15) is 0 Å². The van der Waals surface area contributed by atoms with Crippen molar-refractivity contribution in [1.29, 1.82) is 0 Å². The van der Waals surface area contributed by atoms with Gasteiger partial charge in [0.2, 0.25) is 5.91 Å². The fourth-order valence-corrected chi connectivity index (χ4v) is 2.90. The highest BCUT2D eigenvalue weighted by Gasteiger charge is 2.15. The fourth-order valence-electron chi connectivity index (χ4n) is 2.37. The van der Waals surface area contributed by atoms with Crippen LogP contribution in [0.25, 0.3) is 11.0 Å². The highest BCUT2D eigenvalue weighted by molar-refractivity contribution is 9.10. The zero-order chi connectivity index (χ0) is 17.3. The number of nitrogens with two attached hydrogens (primary N) is 1. The van der Waals surface area contributed by atoms with Gasteiger partial charge in [0.05, 0.1) is 22.1 Å². The minimum absolute atomic E-state index is 0.328. The smallest absolute Gasteiger partial charge is 0.323 e. The lowest BCUT2D eigenvalue weighted by molar-refractivity contribution is -0.117. The first-order chi connectivity index (χ1) is 11.4. The molecule has 24 heavy (non-hydrogen) atoms. The van der Waals surface area contributed by atoms with Gasteiger partial charge in [0, 0.05) is 10.2 Å². The number of fused-ring (bicyclic) bond motifs is 1. The number of hydrogen-bond acceptors (Lipinski definition) is 3. The lowest BCUT2D eigenvalue weighted by Gasteiger charge is -2.13. The molecule has 0 fully saturated rings. The second-order valence-corrected chi connectivity index (χ2v) is 6.71. The largest absolute Gasteiger partial charge is 0.325 e. The SMILES string of the molecule is N[C@@H](Cc1ccc(Br)cc1)C(=O)Nc1cc(Cl)c2[nH]c(=O)[nH]c2c1. The maximum atomic E-state index is 12.3. The predicted molar refractivity (Wildman–Crippen MR) is 98.4 cm³/mol. The second-order valence-electron chi connectivity index (χ2n) is 5.39. The fraction of sp³-hybridized carbons (Fsp3) is 0.125. The Morgan fingerprint density at radius 1 is 1.25 bits per heavy atom. The zero-order valence-electron chi connectivity index (χ0n) is 12.4. The van der Waals surface area contributed by atoms with Crippen LogP contribution in [-0.2, 0) is 11.2 Å². The van der Waals surface area contributed by atoms with Crippen LogP contribution in [-0.4, -0.2) is 21.9 Å². The van der Waals surface area contributed by atoms with E-state index in [0.717, 1.165) is 10.0 Å². The van der Waals surface area contributed by atoms with Crippen LogP contribution in [0.5, 0.6) is 0 Å². The van der Waals surface area contributed by atoms with Gasteiger partial charge < -0.3 is 21.0 Å². The van der Waals surface area contributed by atoms with Gasteiger partial charge in [-0.05, 0) is 36.2 Å². The van der Waals surface area contributed by atoms with E-state index >= 15 is 0 Å². The number of nitrogens with one attached hydrogen (secondary N) is 3. The minimum atomic E-state index is -0.703. The Kier molecular flexibility index (Phi) is 4.75. The Labute approximate surface area is 150 Å². The number of H-pyrrole nitrogens is 2. The van der Waals surface area contributed by atoms with Gasteiger partial charge in [-0.1, -0.05) is 39.7 Å². The summed E-state index contributed by atoms with van der Waals surface area (Å²) in [6.07, 6.45) is 0.413. The van der Waals surface area contributed by atoms with E-state index in [-0.39, 0.29) is 11.6 Å². The van der Waals surface area contributed by atoms with Crippen molar-refractivity contribution in [2.75, 3.05) is 5.32 Å². The van der Waals surface area contributed by atoms with Crippen LogP contribution in [0.3, 0.4) is 0 Å². The lowest BCUT2D eigenvalue weighted by atomic mass is 10.1. The average molecular weight is 410 g/mol. The summed E-state index contributed by atoms with van der Waals surface area (Å²) in [5.41, 5.74) is 8.06. The molecule has 1 amide bonds. The van der Waals surface area contributed by atoms with Crippen molar-refractivity contribution in [1.82, 2.24) is 9.97 Å².